The van der Waals surface area contributed by atoms with E-state index < -0.39 is 10.0 Å². The minimum absolute atomic E-state index is 0.201. The van der Waals surface area contributed by atoms with Crippen molar-refractivity contribution >= 4 is 21.4 Å². The van der Waals surface area contributed by atoms with Crippen LogP contribution >= 0.6 is 11.3 Å². The van der Waals surface area contributed by atoms with Gasteiger partial charge in [0.1, 0.15) is 22.4 Å². The molecule has 1 aromatic heterocycles. The van der Waals surface area contributed by atoms with Crippen molar-refractivity contribution in [3.05, 3.63) is 47.6 Å². The van der Waals surface area contributed by atoms with E-state index in [1.165, 1.54) is 47.0 Å². The number of likely N-dealkylation sites (N-methyl/N-ethyl adjacent to an activating group) is 1. The van der Waals surface area contributed by atoms with Gasteiger partial charge in [-0.3, -0.25) is 0 Å². The number of benzene rings is 1. The normalized spacial score (nSPS) is 11.8. The zero-order valence-corrected chi connectivity index (χ0v) is 12.5. The van der Waals surface area contributed by atoms with Gasteiger partial charge in [-0.25, -0.2) is 12.8 Å². The minimum atomic E-state index is -3.44. The first-order valence-electron chi connectivity index (χ1n) is 5.88. The lowest BCUT2D eigenvalue weighted by atomic mass is 10.3. The van der Waals surface area contributed by atoms with Crippen LogP contribution in [0.5, 0.6) is 5.75 Å². The first-order valence-corrected chi connectivity index (χ1v) is 8.20. The van der Waals surface area contributed by atoms with E-state index in [4.69, 9.17) is 4.74 Å². The molecule has 0 amide bonds. The van der Waals surface area contributed by atoms with Crippen molar-refractivity contribution in [3.63, 3.8) is 0 Å². The molecule has 0 unspecified atom stereocenters. The van der Waals surface area contributed by atoms with Crippen LogP contribution in [0.15, 0.2) is 46.0 Å². The van der Waals surface area contributed by atoms with E-state index in [1.807, 2.05) is 0 Å². The Hall–Kier alpha value is -1.44. The first-order chi connectivity index (χ1) is 9.50. The molecule has 0 bridgehead atoms. The fourth-order valence-corrected chi connectivity index (χ4v) is 3.86. The summed E-state index contributed by atoms with van der Waals surface area (Å²) in [5.74, 6) is 0.170. The molecule has 0 saturated carbocycles. The Kier molecular flexibility index (Phi) is 4.74. The number of ether oxygens (including phenoxy) is 1. The summed E-state index contributed by atoms with van der Waals surface area (Å²) in [5, 5.41) is 1.72. The molecule has 0 N–H and O–H groups in total. The lowest BCUT2D eigenvalue weighted by molar-refractivity contribution is 0.286. The number of halogens is 1. The maximum Gasteiger partial charge on any atom is 0.252 e. The molecule has 0 aliphatic heterocycles. The molecule has 2 rings (SSSR count). The highest BCUT2D eigenvalue weighted by Gasteiger charge is 2.21. The molecule has 20 heavy (non-hydrogen) atoms. The number of hydrogen-bond donors (Lipinski definition) is 0. The molecule has 108 valence electrons. The Morgan fingerprint density at radius 1 is 1.25 bits per heavy atom. The SMILES string of the molecule is CN(CCOc1ccc(F)cc1)S(=O)(=O)c1cccs1. The Morgan fingerprint density at radius 2 is 1.95 bits per heavy atom. The van der Waals surface area contributed by atoms with E-state index in [9.17, 15) is 12.8 Å². The van der Waals surface area contributed by atoms with Gasteiger partial charge in [-0.1, -0.05) is 6.07 Å². The van der Waals surface area contributed by atoms with Crippen molar-refractivity contribution in [3.8, 4) is 5.75 Å². The van der Waals surface area contributed by atoms with Gasteiger partial charge in [0.05, 0.1) is 0 Å². The summed E-state index contributed by atoms with van der Waals surface area (Å²) < 4.78 is 43.9. The van der Waals surface area contributed by atoms with Crippen LogP contribution in [0.4, 0.5) is 4.39 Å². The van der Waals surface area contributed by atoms with Gasteiger partial charge >= 0.3 is 0 Å². The summed E-state index contributed by atoms with van der Waals surface area (Å²) in [5.41, 5.74) is 0. The van der Waals surface area contributed by atoms with Gasteiger partial charge < -0.3 is 4.74 Å². The molecule has 2 aromatic rings. The summed E-state index contributed by atoms with van der Waals surface area (Å²) in [6, 6.07) is 8.85. The molecule has 0 atom stereocenters. The van der Waals surface area contributed by atoms with Gasteiger partial charge in [0, 0.05) is 13.6 Å². The third kappa shape index (κ3) is 3.56. The van der Waals surface area contributed by atoms with E-state index in [1.54, 1.807) is 17.5 Å². The predicted octanol–water partition coefficient (Wildman–Crippen LogP) is 2.59. The molecule has 1 heterocycles. The van der Waals surface area contributed by atoms with Crippen molar-refractivity contribution in [1.29, 1.82) is 0 Å². The highest BCUT2D eigenvalue weighted by molar-refractivity contribution is 7.91. The smallest absolute Gasteiger partial charge is 0.252 e. The number of nitrogens with zero attached hydrogens (tertiary/aromatic N) is 1. The number of sulfonamides is 1. The Morgan fingerprint density at radius 3 is 2.55 bits per heavy atom. The van der Waals surface area contributed by atoms with Crippen LogP contribution in [0.3, 0.4) is 0 Å². The Bertz CT molecular complexity index is 639. The van der Waals surface area contributed by atoms with Crippen LogP contribution in [0.2, 0.25) is 0 Å². The quantitative estimate of drug-likeness (QED) is 0.823. The van der Waals surface area contributed by atoms with E-state index in [0.717, 1.165) is 0 Å². The number of hydrogen-bond acceptors (Lipinski definition) is 4. The average molecular weight is 315 g/mol. The van der Waals surface area contributed by atoms with Crippen LogP contribution in [-0.4, -0.2) is 32.9 Å². The lowest BCUT2D eigenvalue weighted by Crippen LogP contribution is -2.30. The van der Waals surface area contributed by atoms with Crippen molar-refractivity contribution in [2.24, 2.45) is 0 Å². The fraction of sp³-hybridized carbons (Fsp3) is 0.231. The first kappa shape index (κ1) is 15.0. The van der Waals surface area contributed by atoms with Crippen molar-refractivity contribution in [1.82, 2.24) is 4.31 Å². The molecule has 0 fully saturated rings. The molecule has 0 aliphatic rings. The maximum atomic E-state index is 12.7. The topological polar surface area (TPSA) is 46.6 Å². The summed E-state index contributed by atoms with van der Waals surface area (Å²) >= 11 is 1.18. The molecule has 0 radical (unpaired) electrons. The Labute approximate surface area is 121 Å². The van der Waals surface area contributed by atoms with Crippen LogP contribution in [-0.2, 0) is 10.0 Å². The minimum Gasteiger partial charge on any atom is -0.492 e. The van der Waals surface area contributed by atoms with Crippen molar-refractivity contribution < 1.29 is 17.5 Å². The second-order valence-corrected chi connectivity index (χ2v) is 7.28. The molecular formula is C13H14FNO3S2. The monoisotopic (exact) mass is 315 g/mol. The van der Waals surface area contributed by atoms with E-state index in [-0.39, 0.29) is 19.0 Å². The van der Waals surface area contributed by atoms with E-state index >= 15 is 0 Å². The second-order valence-electron chi connectivity index (χ2n) is 4.06. The van der Waals surface area contributed by atoms with Crippen molar-refractivity contribution in [2.45, 2.75) is 4.21 Å². The molecule has 7 heteroatoms. The summed E-state index contributed by atoms with van der Waals surface area (Å²) in [4.78, 5) is 0. The van der Waals surface area contributed by atoms with Crippen LogP contribution in [0, 0.1) is 5.82 Å². The molecule has 0 saturated heterocycles. The van der Waals surface area contributed by atoms with Crippen LogP contribution < -0.4 is 4.74 Å². The maximum absolute atomic E-state index is 12.7. The molecular weight excluding hydrogens is 301 g/mol. The second kappa shape index (κ2) is 6.34. The number of thiophene rings is 1. The van der Waals surface area contributed by atoms with E-state index in [2.05, 4.69) is 0 Å². The van der Waals surface area contributed by atoms with Gasteiger partial charge in [0.25, 0.3) is 10.0 Å². The van der Waals surface area contributed by atoms with E-state index in [0.29, 0.717) is 9.96 Å². The van der Waals surface area contributed by atoms with Gasteiger partial charge in [-0.15, -0.1) is 11.3 Å². The molecule has 1 aromatic carbocycles. The van der Waals surface area contributed by atoms with Crippen molar-refractivity contribution in [2.75, 3.05) is 20.2 Å². The highest BCUT2D eigenvalue weighted by Crippen LogP contribution is 2.19. The predicted molar refractivity (Wildman–Crippen MR) is 76.0 cm³/mol. The fourth-order valence-electron chi connectivity index (χ4n) is 1.51. The van der Waals surface area contributed by atoms with Gasteiger partial charge in [-0.2, -0.15) is 4.31 Å². The molecule has 0 spiro atoms. The summed E-state index contributed by atoms with van der Waals surface area (Å²) in [6.45, 7) is 0.421. The Balaban J connectivity index is 1.89. The lowest BCUT2D eigenvalue weighted by Gasteiger charge is -2.16. The van der Waals surface area contributed by atoms with Gasteiger partial charge in [-0.05, 0) is 35.7 Å². The third-order valence-electron chi connectivity index (χ3n) is 2.65. The molecule has 0 aliphatic carbocycles. The van der Waals surface area contributed by atoms with Crippen LogP contribution in [0.25, 0.3) is 0 Å². The highest BCUT2D eigenvalue weighted by atomic mass is 32.2. The summed E-state index contributed by atoms with van der Waals surface area (Å²) in [6.07, 6.45) is 0. The largest absolute Gasteiger partial charge is 0.492 e. The zero-order chi connectivity index (χ0) is 14.6. The standard InChI is InChI=1S/C13H14FNO3S2/c1-15(20(16,17)13-3-2-10-19-13)8-9-18-12-6-4-11(14)5-7-12/h2-7,10H,8-9H2,1H3. The van der Waals surface area contributed by atoms with Gasteiger partial charge in [0.15, 0.2) is 0 Å². The van der Waals surface area contributed by atoms with Crippen LogP contribution in [0.1, 0.15) is 0 Å². The number of rotatable bonds is 6. The third-order valence-corrected chi connectivity index (χ3v) is 5.88. The molecule has 4 nitrogen and oxygen atoms in total. The average Bonchev–Trinajstić information content (AvgIpc) is 2.95. The summed E-state index contributed by atoms with van der Waals surface area (Å²) in [7, 11) is -1.94. The van der Waals surface area contributed by atoms with Gasteiger partial charge in [0.2, 0.25) is 0 Å². The zero-order valence-electron chi connectivity index (χ0n) is 10.8.